The molecule has 0 bridgehead atoms. The van der Waals surface area contributed by atoms with E-state index in [9.17, 15) is 8.78 Å². The first kappa shape index (κ1) is 13.7. The van der Waals surface area contributed by atoms with Gasteiger partial charge in [0.2, 0.25) is 0 Å². The molecule has 1 aliphatic rings. The summed E-state index contributed by atoms with van der Waals surface area (Å²) in [6.45, 7) is 3.28. The maximum Gasteiger partial charge on any atom is 0.190 e. The van der Waals surface area contributed by atoms with E-state index in [2.05, 4.69) is 5.32 Å². The molecule has 19 heavy (non-hydrogen) atoms. The van der Waals surface area contributed by atoms with Crippen LogP contribution in [0.25, 0.3) is 0 Å². The molecule has 2 rings (SSSR count). The number of nitriles is 1. The molecule has 0 spiro atoms. The fourth-order valence-corrected chi connectivity index (χ4v) is 1.91. The van der Waals surface area contributed by atoms with Crippen molar-refractivity contribution >= 4 is 0 Å². The van der Waals surface area contributed by atoms with Gasteiger partial charge in [0.05, 0.1) is 17.7 Å². The highest BCUT2D eigenvalue weighted by Gasteiger charge is 2.21. The van der Waals surface area contributed by atoms with E-state index in [0.717, 1.165) is 18.7 Å². The van der Waals surface area contributed by atoms with Crippen LogP contribution in [0.1, 0.15) is 12.5 Å². The maximum absolute atomic E-state index is 13.6. The Balaban J connectivity index is 2.01. The van der Waals surface area contributed by atoms with Crippen molar-refractivity contribution in [3.63, 3.8) is 0 Å². The molecule has 1 heterocycles. The lowest BCUT2D eigenvalue weighted by atomic mass is 10.2. The van der Waals surface area contributed by atoms with E-state index in [4.69, 9.17) is 14.7 Å². The van der Waals surface area contributed by atoms with Crippen molar-refractivity contribution in [2.45, 2.75) is 19.1 Å². The summed E-state index contributed by atoms with van der Waals surface area (Å²) in [4.78, 5) is 0. The van der Waals surface area contributed by atoms with Gasteiger partial charge in [-0.25, -0.2) is 8.78 Å². The molecular weight excluding hydrogens is 254 g/mol. The zero-order chi connectivity index (χ0) is 13.8. The normalized spacial score (nSPS) is 22.8. The van der Waals surface area contributed by atoms with E-state index in [0.29, 0.717) is 6.54 Å². The molecule has 0 aliphatic carbocycles. The number of hydrogen-bond acceptors (Lipinski definition) is 4. The minimum absolute atomic E-state index is 0.0398. The van der Waals surface area contributed by atoms with E-state index < -0.39 is 17.4 Å². The van der Waals surface area contributed by atoms with Crippen LogP contribution in [0.4, 0.5) is 8.78 Å². The predicted octanol–water partition coefficient (Wildman–Crippen LogP) is 1.59. The van der Waals surface area contributed by atoms with Crippen LogP contribution in [0.15, 0.2) is 12.1 Å². The summed E-state index contributed by atoms with van der Waals surface area (Å²) in [5.41, 5.74) is -0.0773. The zero-order valence-corrected chi connectivity index (χ0v) is 10.5. The van der Waals surface area contributed by atoms with Crippen molar-refractivity contribution in [2.24, 2.45) is 0 Å². The SMILES string of the molecule is CC1CNCC(COc2c(F)cc(C#N)cc2F)O1. The van der Waals surface area contributed by atoms with Gasteiger partial charge < -0.3 is 14.8 Å². The van der Waals surface area contributed by atoms with E-state index >= 15 is 0 Å². The Morgan fingerprint density at radius 3 is 2.68 bits per heavy atom. The number of hydrogen-bond donors (Lipinski definition) is 1. The van der Waals surface area contributed by atoms with Crippen LogP contribution in [-0.4, -0.2) is 31.9 Å². The molecule has 2 atom stereocenters. The molecule has 1 fully saturated rings. The lowest BCUT2D eigenvalue weighted by molar-refractivity contribution is -0.0479. The number of morpholine rings is 1. The van der Waals surface area contributed by atoms with Crippen molar-refractivity contribution in [3.05, 3.63) is 29.3 Å². The molecule has 0 radical (unpaired) electrons. The highest BCUT2D eigenvalue weighted by molar-refractivity contribution is 5.37. The molecule has 1 N–H and O–H groups in total. The fraction of sp³-hybridized carbons (Fsp3) is 0.462. The van der Waals surface area contributed by atoms with E-state index in [1.165, 1.54) is 0 Å². The summed E-state index contributed by atoms with van der Waals surface area (Å²) in [5, 5.41) is 11.7. The monoisotopic (exact) mass is 268 g/mol. The molecule has 1 saturated heterocycles. The van der Waals surface area contributed by atoms with E-state index in [-0.39, 0.29) is 24.4 Å². The first-order valence-electron chi connectivity index (χ1n) is 5.98. The summed E-state index contributed by atoms with van der Waals surface area (Å²) in [6, 6.07) is 3.57. The quantitative estimate of drug-likeness (QED) is 0.904. The average Bonchev–Trinajstić information content (AvgIpc) is 2.37. The van der Waals surface area contributed by atoms with Crippen LogP contribution >= 0.6 is 0 Å². The summed E-state index contributed by atoms with van der Waals surface area (Å²) in [5.74, 6) is -2.23. The van der Waals surface area contributed by atoms with Crippen molar-refractivity contribution in [3.8, 4) is 11.8 Å². The Morgan fingerprint density at radius 2 is 2.11 bits per heavy atom. The number of ether oxygens (including phenoxy) is 2. The molecule has 102 valence electrons. The molecular formula is C13H14F2N2O2. The fourth-order valence-electron chi connectivity index (χ4n) is 1.91. The van der Waals surface area contributed by atoms with Crippen molar-refractivity contribution < 1.29 is 18.3 Å². The van der Waals surface area contributed by atoms with Crippen LogP contribution in [-0.2, 0) is 4.74 Å². The Bertz CT molecular complexity index is 479. The van der Waals surface area contributed by atoms with Gasteiger partial charge in [0.1, 0.15) is 12.7 Å². The van der Waals surface area contributed by atoms with Gasteiger partial charge in [0, 0.05) is 13.1 Å². The predicted molar refractivity (Wildman–Crippen MR) is 63.8 cm³/mol. The number of benzene rings is 1. The molecule has 1 aliphatic heterocycles. The first-order valence-corrected chi connectivity index (χ1v) is 5.98. The number of nitrogens with one attached hydrogen (secondary N) is 1. The molecule has 1 aromatic carbocycles. The largest absolute Gasteiger partial charge is 0.485 e. The van der Waals surface area contributed by atoms with E-state index in [1.807, 2.05) is 6.92 Å². The standard InChI is InChI=1S/C13H14F2N2O2/c1-8-5-17-6-10(19-8)7-18-13-11(14)2-9(4-16)3-12(13)15/h2-3,8,10,17H,5-7H2,1H3. The average molecular weight is 268 g/mol. The topological polar surface area (TPSA) is 54.3 Å². The van der Waals surface area contributed by atoms with Crippen LogP contribution in [0, 0.1) is 23.0 Å². The second-order valence-corrected chi connectivity index (χ2v) is 4.42. The van der Waals surface area contributed by atoms with Crippen molar-refractivity contribution in [1.29, 1.82) is 5.26 Å². The summed E-state index contributed by atoms with van der Waals surface area (Å²) >= 11 is 0. The smallest absolute Gasteiger partial charge is 0.190 e. The number of rotatable bonds is 3. The van der Waals surface area contributed by atoms with Gasteiger partial charge in [-0.15, -0.1) is 0 Å². The molecule has 6 heteroatoms. The second kappa shape index (κ2) is 5.95. The lowest BCUT2D eigenvalue weighted by Gasteiger charge is -2.28. The summed E-state index contributed by atoms with van der Waals surface area (Å²) in [6.07, 6.45) is -0.212. The van der Waals surface area contributed by atoms with Crippen LogP contribution in [0.3, 0.4) is 0 Å². The Kier molecular flexibility index (Phi) is 4.30. The number of nitrogens with zero attached hydrogens (tertiary/aromatic N) is 1. The molecule has 1 aromatic rings. The van der Waals surface area contributed by atoms with Crippen LogP contribution < -0.4 is 10.1 Å². The van der Waals surface area contributed by atoms with Crippen LogP contribution in [0.2, 0.25) is 0 Å². The van der Waals surface area contributed by atoms with Gasteiger partial charge >= 0.3 is 0 Å². The van der Waals surface area contributed by atoms with Gasteiger partial charge in [-0.05, 0) is 19.1 Å². The lowest BCUT2D eigenvalue weighted by Crippen LogP contribution is -2.45. The minimum atomic E-state index is -0.881. The molecule has 4 nitrogen and oxygen atoms in total. The highest BCUT2D eigenvalue weighted by Crippen LogP contribution is 2.23. The van der Waals surface area contributed by atoms with E-state index in [1.54, 1.807) is 6.07 Å². The van der Waals surface area contributed by atoms with Crippen molar-refractivity contribution in [1.82, 2.24) is 5.32 Å². The molecule has 0 saturated carbocycles. The van der Waals surface area contributed by atoms with Gasteiger partial charge in [-0.1, -0.05) is 0 Å². The molecule has 2 unspecified atom stereocenters. The van der Waals surface area contributed by atoms with Gasteiger partial charge in [-0.3, -0.25) is 0 Å². The summed E-state index contributed by atoms with van der Waals surface area (Å²) in [7, 11) is 0. The first-order chi connectivity index (χ1) is 9.10. The third-order valence-electron chi connectivity index (χ3n) is 2.77. The van der Waals surface area contributed by atoms with Gasteiger partial charge in [0.15, 0.2) is 17.4 Å². The second-order valence-electron chi connectivity index (χ2n) is 4.42. The van der Waals surface area contributed by atoms with Crippen molar-refractivity contribution in [2.75, 3.05) is 19.7 Å². The maximum atomic E-state index is 13.6. The Hall–Kier alpha value is -1.71. The third-order valence-corrected chi connectivity index (χ3v) is 2.77. The summed E-state index contributed by atoms with van der Waals surface area (Å²) < 4.78 is 37.8. The zero-order valence-electron chi connectivity index (χ0n) is 10.5. The Morgan fingerprint density at radius 1 is 1.42 bits per heavy atom. The van der Waals surface area contributed by atoms with Gasteiger partial charge in [0.25, 0.3) is 0 Å². The van der Waals surface area contributed by atoms with Gasteiger partial charge in [-0.2, -0.15) is 5.26 Å². The number of halogens is 2. The Labute approximate surface area is 109 Å². The molecule has 0 aromatic heterocycles. The molecule has 0 amide bonds. The van der Waals surface area contributed by atoms with Crippen LogP contribution in [0.5, 0.6) is 5.75 Å². The highest BCUT2D eigenvalue weighted by atomic mass is 19.1. The minimum Gasteiger partial charge on any atom is -0.485 e. The third kappa shape index (κ3) is 3.40.